The first-order chi connectivity index (χ1) is 13.4. The van der Waals surface area contributed by atoms with E-state index in [1.165, 1.54) is 29.2 Å². The second kappa shape index (κ2) is 7.40. The van der Waals surface area contributed by atoms with E-state index in [0.29, 0.717) is 26.8 Å². The Morgan fingerprint density at radius 2 is 1.89 bits per heavy atom. The third-order valence-corrected chi connectivity index (χ3v) is 5.83. The summed E-state index contributed by atoms with van der Waals surface area (Å²) >= 11 is 2.59. The van der Waals surface area contributed by atoms with Crippen molar-refractivity contribution in [3.8, 4) is 11.1 Å². The Balaban J connectivity index is 1.57. The minimum absolute atomic E-state index is 0.235. The third kappa shape index (κ3) is 3.81. The van der Waals surface area contributed by atoms with Crippen LogP contribution in [0.4, 0.5) is 13.2 Å². The number of thioether (sulfide) groups is 1. The van der Waals surface area contributed by atoms with E-state index in [1.54, 1.807) is 0 Å². The van der Waals surface area contributed by atoms with E-state index >= 15 is 0 Å². The normalized spacial score (nSPS) is 11.8. The van der Waals surface area contributed by atoms with E-state index in [1.807, 2.05) is 35.7 Å². The maximum absolute atomic E-state index is 12.6. The van der Waals surface area contributed by atoms with Crippen molar-refractivity contribution >= 4 is 33.3 Å². The largest absolute Gasteiger partial charge is 0.417 e. The summed E-state index contributed by atoms with van der Waals surface area (Å²) in [5.74, 6) is 0.743. The molecule has 0 spiro atoms. The average molecular weight is 419 g/mol. The van der Waals surface area contributed by atoms with Crippen molar-refractivity contribution in [2.75, 3.05) is 0 Å². The number of benzene rings is 1. The van der Waals surface area contributed by atoms with E-state index in [0.717, 1.165) is 23.4 Å². The number of fused-ring (bicyclic) bond motifs is 1. The van der Waals surface area contributed by atoms with Gasteiger partial charge in [-0.1, -0.05) is 42.1 Å². The first kappa shape index (κ1) is 18.7. The van der Waals surface area contributed by atoms with Gasteiger partial charge in [0.15, 0.2) is 0 Å². The summed E-state index contributed by atoms with van der Waals surface area (Å²) in [4.78, 5) is 24.3. The molecule has 1 aromatic carbocycles. The molecule has 4 nitrogen and oxygen atoms in total. The molecular formula is C19H12F3N3OS2. The maximum Gasteiger partial charge on any atom is 0.417 e. The van der Waals surface area contributed by atoms with Gasteiger partial charge in [-0.3, -0.25) is 4.79 Å². The number of rotatable bonds is 4. The predicted molar refractivity (Wildman–Crippen MR) is 104 cm³/mol. The Morgan fingerprint density at radius 3 is 2.57 bits per heavy atom. The Hall–Kier alpha value is -2.65. The molecule has 0 amide bonds. The highest BCUT2D eigenvalue weighted by molar-refractivity contribution is 7.98. The Bertz CT molecular complexity index is 1170. The van der Waals surface area contributed by atoms with Crippen LogP contribution in [-0.2, 0) is 11.9 Å². The Kier molecular flexibility index (Phi) is 4.94. The van der Waals surface area contributed by atoms with Crippen molar-refractivity contribution in [1.82, 2.24) is 15.0 Å². The zero-order valence-electron chi connectivity index (χ0n) is 14.2. The van der Waals surface area contributed by atoms with E-state index in [-0.39, 0.29) is 5.56 Å². The molecule has 142 valence electrons. The van der Waals surface area contributed by atoms with Crippen molar-refractivity contribution in [3.05, 3.63) is 75.8 Å². The molecule has 4 aromatic rings. The lowest BCUT2D eigenvalue weighted by Gasteiger charge is -2.06. The highest BCUT2D eigenvalue weighted by Gasteiger charge is 2.30. The zero-order valence-corrected chi connectivity index (χ0v) is 15.8. The lowest BCUT2D eigenvalue weighted by Crippen LogP contribution is -2.10. The van der Waals surface area contributed by atoms with Gasteiger partial charge in [-0.2, -0.15) is 13.2 Å². The van der Waals surface area contributed by atoms with Crippen LogP contribution in [0, 0.1) is 0 Å². The summed E-state index contributed by atoms with van der Waals surface area (Å²) < 4.78 is 37.8. The fraction of sp³-hybridized carbons (Fsp3) is 0.105. The number of nitrogens with zero attached hydrogens (tertiary/aromatic N) is 2. The van der Waals surface area contributed by atoms with E-state index in [2.05, 4.69) is 15.0 Å². The molecule has 4 rings (SSSR count). The minimum atomic E-state index is -4.41. The Labute approximate surface area is 165 Å². The molecule has 0 aliphatic carbocycles. The maximum atomic E-state index is 12.6. The quantitative estimate of drug-likeness (QED) is 0.453. The van der Waals surface area contributed by atoms with Gasteiger partial charge in [0, 0.05) is 17.1 Å². The van der Waals surface area contributed by atoms with Gasteiger partial charge >= 0.3 is 6.18 Å². The number of alkyl halides is 3. The number of nitrogens with one attached hydrogen (secondary N) is 1. The molecule has 0 saturated heterocycles. The molecule has 9 heteroatoms. The zero-order chi connectivity index (χ0) is 19.7. The van der Waals surface area contributed by atoms with Crippen molar-refractivity contribution in [2.24, 2.45) is 0 Å². The van der Waals surface area contributed by atoms with Gasteiger partial charge in [-0.05, 0) is 17.7 Å². The topological polar surface area (TPSA) is 58.6 Å². The number of hydrogen-bond acceptors (Lipinski definition) is 5. The fourth-order valence-electron chi connectivity index (χ4n) is 2.67. The van der Waals surface area contributed by atoms with E-state index < -0.39 is 11.7 Å². The van der Waals surface area contributed by atoms with Crippen LogP contribution in [0.3, 0.4) is 0 Å². The van der Waals surface area contributed by atoms with E-state index in [9.17, 15) is 18.0 Å². The molecule has 3 heterocycles. The van der Waals surface area contributed by atoms with Gasteiger partial charge in [0.2, 0.25) is 0 Å². The van der Waals surface area contributed by atoms with Gasteiger partial charge in [0.1, 0.15) is 10.7 Å². The first-order valence-corrected chi connectivity index (χ1v) is 10.0. The number of thiophene rings is 1. The number of H-pyrrole nitrogens is 1. The molecule has 0 bridgehead atoms. The molecule has 0 atom stereocenters. The van der Waals surface area contributed by atoms with Crippen LogP contribution >= 0.6 is 23.1 Å². The van der Waals surface area contributed by atoms with Crippen LogP contribution in [0.1, 0.15) is 11.4 Å². The number of hydrogen-bond donors (Lipinski definition) is 1. The van der Waals surface area contributed by atoms with Crippen molar-refractivity contribution in [3.63, 3.8) is 0 Å². The number of aromatic amines is 1. The highest BCUT2D eigenvalue weighted by atomic mass is 32.2. The first-order valence-electron chi connectivity index (χ1n) is 8.13. The summed E-state index contributed by atoms with van der Waals surface area (Å²) in [5, 5.41) is 2.86. The average Bonchev–Trinajstić information content (AvgIpc) is 3.11. The molecular weight excluding hydrogens is 407 g/mol. The SMILES string of the molecule is O=c1[nH]c(CSc2ccc(C(F)(F)F)cn2)nc2scc(-c3ccccc3)c12. The summed E-state index contributed by atoms with van der Waals surface area (Å²) in [6.45, 7) is 0. The van der Waals surface area contributed by atoms with Crippen LogP contribution in [0.25, 0.3) is 21.3 Å². The standard InChI is InChI=1S/C19H12F3N3OS2/c20-19(21,22)12-6-7-15(23-8-12)27-10-14-24-17(26)16-13(9-28-18(16)25-14)11-4-2-1-3-5-11/h1-9H,10H2,(H,24,25,26). The summed E-state index contributed by atoms with van der Waals surface area (Å²) in [6, 6.07) is 11.9. The second-order valence-corrected chi connectivity index (χ2v) is 7.73. The van der Waals surface area contributed by atoms with Crippen LogP contribution in [0.2, 0.25) is 0 Å². The predicted octanol–water partition coefficient (Wildman–Crippen LogP) is 5.36. The minimum Gasteiger partial charge on any atom is -0.309 e. The van der Waals surface area contributed by atoms with Gasteiger partial charge in [0.05, 0.1) is 21.7 Å². The molecule has 0 aliphatic rings. The molecule has 1 N–H and O–H groups in total. The molecule has 0 unspecified atom stereocenters. The molecule has 3 aromatic heterocycles. The lowest BCUT2D eigenvalue weighted by atomic mass is 10.1. The third-order valence-electron chi connectivity index (χ3n) is 4.00. The highest BCUT2D eigenvalue weighted by Crippen LogP contribution is 2.32. The van der Waals surface area contributed by atoms with Crippen LogP contribution in [0.5, 0.6) is 0 Å². The number of aromatic nitrogens is 3. The van der Waals surface area contributed by atoms with Gasteiger partial charge in [0.25, 0.3) is 5.56 Å². The van der Waals surface area contributed by atoms with Gasteiger partial charge in [-0.25, -0.2) is 9.97 Å². The monoisotopic (exact) mass is 419 g/mol. The summed E-state index contributed by atoms with van der Waals surface area (Å²) in [5.41, 5.74) is 0.744. The van der Waals surface area contributed by atoms with Gasteiger partial charge in [-0.15, -0.1) is 11.3 Å². The van der Waals surface area contributed by atoms with Crippen molar-refractivity contribution in [2.45, 2.75) is 17.0 Å². The molecule has 0 saturated carbocycles. The van der Waals surface area contributed by atoms with Crippen LogP contribution in [0.15, 0.2) is 63.9 Å². The number of pyridine rings is 1. The van der Waals surface area contributed by atoms with Crippen molar-refractivity contribution < 1.29 is 13.2 Å². The summed E-state index contributed by atoms with van der Waals surface area (Å²) in [7, 11) is 0. The van der Waals surface area contributed by atoms with Crippen LogP contribution in [-0.4, -0.2) is 15.0 Å². The molecule has 0 radical (unpaired) electrons. The van der Waals surface area contributed by atoms with Crippen LogP contribution < -0.4 is 5.56 Å². The van der Waals surface area contributed by atoms with Crippen molar-refractivity contribution in [1.29, 1.82) is 0 Å². The summed E-state index contributed by atoms with van der Waals surface area (Å²) in [6.07, 6.45) is -3.61. The Morgan fingerprint density at radius 1 is 1.11 bits per heavy atom. The number of halogens is 3. The molecule has 0 fully saturated rings. The van der Waals surface area contributed by atoms with E-state index in [4.69, 9.17) is 0 Å². The fourth-order valence-corrected chi connectivity index (χ4v) is 4.35. The molecule has 0 aliphatic heterocycles. The smallest absolute Gasteiger partial charge is 0.309 e. The van der Waals surface area contributed by atoms with Gasteiger partial charge < -0.3 is 4.98 Å². The second-order valence-electron chi connectivity index (χ2n) is 5.88. The lowest BCUT2D eigenvalue weighted by molar-refractivity contribution is -0.137. The molecule has 28 heavy (non-hydrogen) atoms.